The van der Waals surface area contributed by atoms with Crippen molar-refractivity contribution in [3.05, 3.63) is 118 Å². The summed E-state index contributed by atoms with van der Waals surface area (Å²) in [7, 11) is 0.835. The van der Waals surface area contributed by atoms with Crippen LogP contribution in [0, 0.1) is 0 Å². The number of hydrogen-bond acceptors (Lipinski definition) is 0. The minimum atomic E-state index is 0.505. The molecule has 2 atom stereocenters. The lowest BCUT2D eigenvalue weighted by atomic mass is 9.98. The average Bonchev–Trinajstić information content (AvgIpc) is 3.15. The normalized spacial score (nSPS) is 20.5. The van der Waals surface area contributed by atoms with E-state index in [1.807, 2.05) is 0 Å². The first-order valence-electron chi connectivity index (χ1n) is 10.0. The maximum atomic E-state index is 2.35. The second kappa shape index (κ2) is 6.75. The molecule has 5 rings (SSSR count). The molecule has 3 aromatic carbocycles. The van der Waals surface area contributed by atoms with Crippen molar-refractivity contribution in [2.75, 3.05) is 0 Å². The van der Waals surface area contributed by atoms with Gasteiger partial charge in [0.05, 0.1) is 9.52 Å². The van der Waals surface area contributed by atoms with Gasteiger partial charge in [0.2, 0.25) is 0 Å². The maximum Gasteiger partial charge on any atom is 0.0678 e. The quantitative estimate of drug-likeness (QED) is 0.440. The van der Waals surface area contributed by atoms with Crippen molar-refractivity contribution in [3.8, 4) is 0 Å². The largest absolute Gasteiger partial charge is 0.0678 e. The van der Waals surface area contributed by atoms with Crippen LogP contribution in [0.25, 0.3) is 11.1 Å². The van der Waals surface area contributed by atoms with Crippen molar-refractivity contribution in [2.45, 2.75) is 31.9 Å². The van der Waals surface area contributed by atoms with Crippen LogP contribution >= 0.6 is 0 Å². The fourth-order valence-electron chi connectivity index (χ4n) is 4.90. The summed E-state index contributed by atoms with van der Waals surface area (Å²) in [6, 6.07) is 28.9. The highest BCUT2D eigenvalue weighted by Gasteiger charge is 2.35. The third-order valence-electron chi connectivity index (χ3n) is 6.46. The fraction of sp³-hybridized carbons (Fsp3) is 0.185. The molecule has 0 aromatic heterocycles. The van der Waals surface area contributed by atoms with Gasteiger partial charge >= 0.3 is 0 Å². The zero-order valence-corrected chi connectivity index (χ0v) is 17.7. The van der Waals surface area contributed by atoms with Crippen LogP contribution in [0.5, 0.6) is 0 Å². The molecule has 0 nitrogen and oxygen atoms in total. The Balaban J connectivity index is 1.61. The van der Waals surface area contributed by atoms with Crippen LogP contribution in [0.1, 0.15) is 59.7 Å². The second-order valence-corrected chi connectivity index (χ2v) is 9.43. The van der Waals surface area contributed by atoms with Crippen molar-refractivity contribution in [2.24, 2.45) is 0 Å². The molecule has 1 heteroatoms. The summed E-state index contributed by atoms with van der Waals surface area (Å²) in [5.41, 5.74) is 14.3. The highest BCUT2D eigenvalue weighted by molar-refractivity contribution is 6.44. The van der Waals surface area contributed by atoms with E-state index in [9.17, 15) is 0 Å². The molecule has 3 aromatic rings. The molecule has 0 amide bonds. The summed E-state index contributed by atoms with van der Waals surface area (Å²) in [6.45, 7) is 6.98. The summed E-state index contributed by atoms with van der Waals surface area (Å²) in [5, 5.41) is 0. The Morgan fingerprint density at radius 3 is 1.82 bits per heavy atom. The van der Waals surface area contributed by atoms with E-state index in [0.717, 1.165) is 9.52 Å². The number of fused-ring (bicyclic) bond motifs is 2. The maximum absolute atomic E-state index is 2.35. The van der Waals surface area contributed by atoms with Gasteiger partial charge in [-0.1, -0.05) is 90.0 Å². The van der Waals surface area contributed by atoms with Gasteiger partial charge < -0.3 is 0 Å². The zero-order valence-electron chi connectivity index (χ0n) is 16.7. The van der Waals surface area contributed by atoms with Gasteiger partial charge in [-0.05, 0) is 70.8 Å². The minimum absolute atomic E-state index is 0.505. The molecule has 0 bridgehead atoms. The molecule has 2 unspecified atom stereocenters. The van der Waals surface area contributed by atoms with E-state index in [1.165, 1.54) is 44.5 Å². The summed E-state index contributed by atoms with van der Waals surface area (Å²) in [4.78, 5) is 0. The minimum Gasteiger partial charge on any atom is -0.0655 e. The van der Waals surface area contributed by atoms with Gasteiger partial charge in [-0.3, -0.25) is 0 Å². The van der Waals surface area contributed by atoms with E-state index >= 15 is 0 Å². The molecular weight excluding hydrogens is 352 g/mol. The molecule has 0 N–H and O–H groups in total. The Morgan fingerprint density at radius 1 is 0.571 bits per heavy atom. The first kappa shape index (κ1) is 17.5. The highest BCUT2D eigenvalue weighted by atomic mass is 28.2. The summed E-state index contributed by atoms with van der Waals surface area (Å²) >= 11 is 0. The topological polar surface area (TPSA) is 0 Å². The summed E-state index contributed by atoms with van der Waals surface area (Å²) < 4.78 is 0. The van der Waals surface area contributed by atoms with Gasteiger partial charge in [-0.25, -0.2) is 0 Å². The average molecular weight is 377 g/mol. The van der Waals surface area contributed by atoms with Crippen LogP contribution in [-0.2, 0) is 0 Å². The third kappa shape index (κ3) is 2.57. The zero-order chi connectivity index (χ0) is 19.3. The predicted molar refractivity (Wildman–Crippen MR) is 121 cm³/mol. The summed E-state index contributed by atoms with van der Waals surface area (Å²) in [6.07, 6.45) is 0. The SMILES string of the molecule is CC1=C(C)C([Si]C2C(C)=C(c3ccccc3)c3ccccc32)c2ccccc21. The number of rotatable bonds is 3. The van der Waals surface area contributed by atoms with Gasteiger partial charge in [0.25, 0.3) is 0 Å². The monoisotopic (exact) mass is 376 g/mol. The molecule has 0 heterocycles. The van der Waals surface area contributed by atoms with E-state index in [-0.39, 0.29) is 0 Å². The first-order chi connectivity index (χ1) is 13.7. The Bertz CT molecular complexity index is 1120. The Hall–Kier alpha value is -2.64. The number of benzene rings is 3. The molecule has 2 aliphatic rings. The second-order valence-electron chi connectivity index (χ2n) is 7.94. The van der Waals surface area contributed by atoms with Crippen molar-refractivity contribution < 1.29 is 0 Å². The number of hydrogen-bond donors (Lipinski definition) is 0. The molecule has 0 aliphatic heterocycles. The Labute approximate surface area is 170 Å². The molecule has 0 spiro atoms. The highest BCUT2D eigenvalue weighted by Crippen LogP contribution is 2.48. The van der Waals surface area contributed by atoms with Gasteiger partial charge in [0.15, 0.2) is 0 Å². The third-order valence-corrected chi connectivity index (χ3v) is 8.62. The van der Waals surface area contributed by atoms with Crippen LogP contribution in [0.4, 0.5) is 0 Å². The smallest absolute Gasteiger partial charge is 0.0655 e. The lowest BCUT2D eigenvalue weighted by Gasteiger charge is -2.20. The van der Waals surface area contributed by atoms with Gasteiger partial charge in [-0.2, -0.15) is 0 Å². The van der Waals surface area contributed by atoms with Gasteiger partial charge in [0, 0.05) is 0 Å². The molecule has 2 radical (unpaired) electrons. The molecular formula is C27H24Si. The van der Waals surface area contributed by atoms with E-state index in [2.05, 4.69) is 99.6 Å². The van der Waals surface area contributed by atoms with Crippen molar-refractivity contribution >= 4 is 20.7 Å². The lowest BCUT2D eigenvalue weighted by Crippen LogP contribution is -2.16. The lowest BCUT2D eigenvalue weighted by molar-refractivity contribution is 1.03. The molecule has 0 fully saturated rings. The molecule has 28 heavy (non-hydrogen) atoms. The van der Waals surface area contributed by atoms with Crippen LogP contribution in [0.2, 0.25) is 0 Å². The number of allylic oxidation sites excluding steroid dienone is 3. The van der Waals surface area contributed by atoms with Crippen LogP contribution in [0.3, 0.4) is 0 Å². The van der Waals surface area contributed by atoms with Crippen molar-refractivity contribution in [3.63, 3.8) is 0 Å². The molecule has 0 saturated heterocycles. The van der Waals surface area contributed by atoms with Crippen molar-refractivity contribution in [1.29, 1.82) is 0 Å². The van der Waals surface area contributed by atoms with Gasteiger partial charge in [-0.15, -0.1) is 0 Å². The van der Waals surface area contributed by atoms with E-state index in [1.54, 1.807) is 5.57 Å². The van der Waals surface area contributed by atoms with Gasteiger partial charge in [0.1, 0.15) is 0 Å². The standard InChI is InChI=1S/C27H24Si/c1-17-18(2)26(23-15-9-7-13-21(17)23)28-27-19(3)25(20-11-5-4-6-12-20)22-14-8-10-16-24(22)27/h4-16,26-27H,1-3H3. The van der Waals surface area contributed by atoms with Crippen LogP contribution in [0.15, 0.2) is 90.0 Å². The van der Waals surface area contributed by atoms with Crippen LogP contribution < -0.4 is 0 Å². The Morgan fingerprint density at radius 2 is 1.11 bits per heavy atom. The van der Waals surface area contributed by atoms with Crippen LogP contribution in [-0.4, -0.2) is 9.52 Å². The first-order valence-corrected chi connectivity index (χ1v) is 11.2. The molecule has 0 saturated carbocycles. The van der Waals surface area contributed by atoms with Crippen molar-refractivity contribution in [1.82, 2.24) is 0 Å². The molecule has 2 aliphatic carbocycles. The fourth-order valence-corrected chi connectivity index (χ4v) is 6.96. The summed E-state index contributed by atoms with van der Waals surface area (Å²) in [5.74, 6) is 0. The van der Waals surface area contributed by atoms with E-state index in [0.29, 0.717) is 11.1 Å². The van der Waals surface area contributed by atoms with E-state index < -0.39 is 0 Å². The molecule has 136 valence electrons. The Kier molecular flexibility index (Phi) is 4.21. The predicted octanol–water partition coefficient (Wildman–Crippen LogP) is 6.82. The van der Waals surface area contributed by atoms with E-state index in [4.69, 9.17) is 0 Å².